The van der Waals surface area contributed by atoms with E-state index in [4.69, 9.17) is 9.47 Å². The summed E-state index contributed by atoms with van der Waals surface area (Å²) >= 11 is 0. The van der Waals surface area contributed by atoms with Crippen molar-refractivity contribution < 1.29 is 9.47 Å². The van der Waals surface area contributed by atoms with Crippen molar-refractivity contribution in [2.75, 3.05) is 19.6 Å². The summed E-state index contributed by atoms with van der Waals surface area (Å²) in [7, 11) is 3.20. The number of methoxy groups -OCH3 is 2. The predicted molar refractivity (Wildman–Crippen MR) is 98.2 cm³/mol. The molecule has 0 atom stereocenters. The van der Waals surface area contributed by atoms with Crippen molar-refractivity contribution in [3.63, 3.8) is 0 Å². The van der Waals surface area contributed by atoms with E-state index >= 15 is 0 Å². The van der Waals surface area contributed by atoms with Crippen LogP contribution in [0.4, 0.5) is 5.95 Å². The second-order valence-corrected chi connectivity index (χ2v) is 5.15. The molecular formula is C19H18N4O2. The lowest BCUT2D eigenvalue weighted by Gasteiger charge is -2.07. The Bertz CT molecular complexity index is 849. The standard InChI is InChI=1S/C19H18N4O2/c1-24-17-9-8-14(10-18(17)25-2)11-22-23-19-20-12-16(13-21-19)15-6-4-3-5-7-15/h3-13H,1-2H3,(H,20,21,23). The lowest BCUT2D eigenvalue weighted by Crippen LogP contribution is -1.97. The van der Waals surface area contributed by atoms with Gasteiger partial charge >= 0.3 is 0 Å². The number of aromatic nitrogens is 2. The Hall–Kier alpha value is -3.41. The molecule has 0 saturated heterocycles. The highest BCUT2D eigenvalue weighted by Gasteiger charge is 2.03. The fourth-order valence-electron chi connectivity index (χ4n) is 2.26. The van der Waals surface area contributed by atoms with Gasteiger partial charge in [0, 0.05) is 18.0 Å². The molecule has 0 spiro atoms. The van der Waals surface area contributed by atoms with Gasteiger partial charge in [0.05, 0.1) is 20.4 Å². The zero-order valence-electron chi connectivity index (χ0n) is 14.0. The number of benzene rings is 2. The molecule has 3 aromatic rings. The highest BCUT2D eigenvalue weighted by Crippen LogP contribution is 2.26. The van der Waals surface area contributed by atoms with Gasteiger partial charge in [-0.15, -0.1) is 0 Å². The fourth-order valence-corrected chi connectivity index (χ4v) is 2.26. The molecule has 1 N–H and O–H groups in total. The topological polar surface area (TPSA) is 68.6 Å². The molecule has 0 bridgehead atoms. The number of hydrazone groups is 1. The summed E-state index contributed by atoms with van der Waals surface area (Å²) < 4.78 is 10.5. The molecule has 0 aliphatic rings. The normalized spacial score (nSPS) is 10.6. The SMILES string of the molecule is COc1ccc(C=NNc2ncc(-c3ccccc3)cn2)cc1OC. The second kappa shape index (κ2) is 7.92. The maximum absolute atomic E-state index is 5.26. The first-order valence-electron chi connectivity index (χ1n) is 7.68. The number of hydrogen-bond acceptors (Lipinski definition) is 6. The van der Waals surface area contributed by atoms with Gasteiger partial charge < -0.3 is 9.47 Å². The number of ether oxygens (including phenoxy) is 2. The van der Waals surface area contributed by atoms with E-state index in [2.05, 4.69) is 20.5 Å². The van der Waals surface area contributed by atoms with Crippen LogP contribution in [0.25, 0.3) is 11.1 Å². The minimum atomic E-state index is 0.427. The number of nitrogens with zero attached hydrogens (tertiary/aromatic N) is 3. The van der Waals surface area contributed by atoms with Crippen molar-refractivity contribution in [1.82, 2.24) is 9.97 Å². The zero-order chi connectivity index (χ0) is 17.5. The number of hydrogen-bond donors (Lipinski definition) is 1. The van der Waals surface area contributed by atoms with Crippen LogP contribution in [-0.4, -0.2) is 30.4 Å². The summed E-state index contributed by atoms with van der Waals surface area (Å²) in [4.78, 5) is 8.53. The molecule has 126 valence electrons. The Balaban J connectivity index is 1.66. The fraction of sp³-hybridized carbons (Fsp3) is 0.105. The first-order chi connectivity index (χ1) is 12.3. The first kappa shape index (κ1) is 16.4. The molecule has 6 nitrogen and oxygen atoms in total. The third-order valence-electron chi connectivity index (χ3n) is 3.54. The van der Waals surface area contributed by atoms with Crippen molar-refractivity contribution in [2.45, 2.75) is 0 Å². The molecule has 3 rings (SSSR count). The third kappa shape index (κ3) is 4.11. The van der Waals surface area contributed by atoms with Gasteiger partial charge in [-0.25, -0.2) is 15.4 Å². The molecule has 25 heavy (non-hydrogen) atoms. The summed E-state index contributed by atoms with van der Waals surface area (Å²) in [5.41, 5.74) is 5.71. The van der Waals surface area contributed by atoms with Crippen LogP contribution in [0.5, 0.6) is 11.5 Å². The number of rotatable bonds is 6. The highest BCUT2D eigenvalue weighted by atomic mass is 16.5. The van der Waals surface area contributed by atoms with E-state index in [0.717, 1.165) is 16.7 Å². The molecule has 0 saturated carbocycles. The van der Waals surface area contributed by atoms with E-state index in [-0.39, 0.29) is 0 Å². The van der Waals surface area contributed by atoms with Gasteiger partial charge in [-0.05, 0) is 29.3 Å². The van der Waals surface area contributed by atoms with Crippen molar-refractivity contribution in [1.29, 1.82) is 0 Å². The molecular weight excluding hydrogens is 316 g/mol. The smallest absolute Gasteiger partial charge is 0.243 e. The van der Waals surface area contributed by atoms with E-state index in [9.17, 15) is 0 Å². The van der Waals surface area contributed by atoms with Crippen LogP contribution in [0.1, 0.15) is 5.56 Å². The predicted octanol–water partition coefficient (Wildman–Crippen LogP) is 3.61. The lowest BCUT2D eigenvalue weighted by atomic mass is 10.1. The molecule has 0 fully saturated rings. The molecule has 1 heterocycles. The Morgan fingerprint density at radius 1 is 0.880 bits per heavy atom. The van der Waals surface area contributed by atoms with Crippen LogP contribution in [-0.2, 0) is 0 Å². The monoisotopic (exact) mass is 334 g/mol. The second-order valence-electron chi connectivity index (χ2n) is 5.15. The van der Waals surface area contributed by atoms with Crippen LogP contribution < -0.4 is 14.9 Å². The van der Waals surface area contributed by atoms with Crippen LogP contribution in [0, 0.1) is 0 Å². The molecule has 0 aliphatic heterocycles. The van der Waals surface area contributed by atoms with Gasteiger partial charge in [0.15, 0.2) is 11.5 Å². The first-order valence-corrected chi connectivity index (χ1v) is 7.68. The summed E-state index contributed by atoms with van der Waals surface area (Å²) in [6.07, 6.45) is 5.18. The Kier molecular flexibility index (Phi) is 5.21. The van der Waals surface area contributed by atoms with Crippen LogP contribution >= 0.6 is 0 Å². The average molecular weight is 334 g/mol. The Morgan fingerprint density at radius 2 is 1.60 bits per heavy atom. The van der Waals surface area contributed by atoms with Crippen molar-refractivity contribution in [2.24, 2.45) is 5.10 Å². The minimum Gasteiger partial charge on any atom is -0.493 e. The largest absolute Gasteiger partial charge is 0.493 e. The third-order valence-corrected chi connectivity index (χ3v) is 3.54. The lowest BCUT2D eigenvalue weighted by molar-refractivity contribution is 0.355. The Labute approximate surface area is 146 Å². The summed E-state index contributed by atoms with van der Waals surface area (Å²) in [6, 6.07) is 15.5. The van der Waals surface area contributed by atoms with Crippen LogP contribution in [0.2, 0.25) is 0 Å². The van der Waals surface area contributed by atoms with Gasteiger partial charge in [-0.1, -0.05) is 30.3 Å². The van der Waals surface area contributed by atoms with Gasteiger partial charge in [-0.2, -0.15) is 5.10 Å². The quantitative estimate of drug-likeness (QED) is 0.551. The van der Waals surface area contributed by atoms with E-state index < -0.39 is 0 Å². The van der Waals surface area contributed by atoms with E-state index in [1.807, 2.05) is 48.5 Å². The maximum Gasteiger partial charge on any atom is 0.243 e. The van der Waals surface area contributed by atoms with Gasteiger partial charge in [-0.3, -0.25) is 0 Å². The number of nitrogens with one attached hydrogen (secondary N) is 1. The van der Waals surface area contributed by atoms with Gasteiger partial charge in [0.2, 0.25) is 5.95 Å². The van der Waals surface area contributed by atoms with Crippen molar-refractivity contribution >= 4 is 12.2 Å². The Morgan fingerprint density at radius 3 is 2.28 bits per heavy atom. The molecule has 1 aromatic heterocycles. The van der Waals surface area contributed by atoms with Crippen molar-refractivity contribution in [3.8, 4) is 22.6 Å². The van der Waals surface area contributed by atoms with E-state index in [1.165, 1.54) is 0 Å². The molecule has 0 unspecified atom stereocenters. The summed E-state index contributed by atoms with van der Waals surface area (Å²) in [6.45, 7) is 0. The van der Waals surface area contributed by atoms with Crippen molar-refractivity contribution in [3.05, 3.63) is 66.5 Å². The molecule has 0 amide bonds. The average Bonchev–Trinajstić information content (AvgIpc) is 2.69. The minimum absolute atomic E-state index is 0.427. The summed E-state index contributed by atoms with van der Waals surface area (Å²) in [5.74, 6) is 1.75. The van der Waals surface area contributed by atoms with E-state index in [0.29, 0.717) is 17.4 Å². The van der Waals surface area contributed by atoms with Gasteiger partial charge in [0.1, 0.15) is 0 Å². The number of anilines is 1. The zero-order valence-corrected chi connectivity index (χ0v) is 14.0. The van der Waals surface area contributed by atoms with Gasteiger partial charge in [0.25, 0.3) is 0 Å². The molecule has 2 aromatic carbocycles. The molecule has 0 aliphatic carbocycles. The maximum atomic E-state index is 5.26. The van der Waals surface area contributed by atoms with Crippen LogP contribution in [0.15, 0.2) is 66.0 Å². The molecule has 0 radical (unpaired) electrons. The van der Waals surface area contributed by atoms with E-state index in [1.54, 1.807) is 32.8 Å². The van der Waals surface area contributed by atoms with Crippen LogP contribution in [0.3, 0.4) is 0 Å². The molecule has 6 heteroatoms. The highest BCUT2D eigenvalue weighted by molar-refractivity contribution is 5.81. The summed E-state index contributed by atoms with van der Waals surface area (Å²) in [5, 5.41) is 4.15.